The normalized spacial score (nSPS) is 24.9. The van der Waals surface area contributed by atoms with Gasteiger partial charge in [-0.2, -0.15) is 0 Å². The van der Waals surface area contributed by atoms with E-state index in [2.05, 4.69) is 5.32 Å². The Bertz CT molecular complexity index is 778. The third-order valence-electron chi connectivity index (χ3n) is 4.81. The summed E-state index contributed by atoms with van der Waals surface area (Å²) in [6.45, 7) is 0. The number of carbonyl (C=O) groups is 2. The van der Waals surface area contributed by atoms with Gasteiger partial charge in [-0.15, -0.1) is 0 Å². The van der Waals surface area contributed by atoms with Crippen molar-refractivity contribution in [2.45, 2.75) is 18.0 Å². The summed E-state index contributed by atoms with van der Waals surface area (Å²) in [6, 6.07) is 15.6. The number of halogens is 1. The summed E-state index contributed by atoms with van der Waals surface area (Å²) in [5, 5.41) is 3.86. The molecule has 5 nitrogen and oxygen atoms in total. The van der Waals surface area contributed by atoms with Gasteiger partial charge in [0.25, 0.3) is 0 Å². The lowest BCUT2D eigenvalue weighted by Crippen LogP contribution is -2.36. The smallest absolute Gasteiger partial charge is 0.323 e. The Morgan fingerprint density at radius 1 is 0.885 bits per heavy atom. The Morgan fingerprint density at radius 3 is 2.08 bits per heavy atom. The van der Waals surface area contributed by atoms with E-state index in [0.717, 1.165) is 11.1 Å². The molecule has 2 aromatic carbocycles. The summed E-state index contributed by atoms with van der Waals surface area (Å²) in [5.74, 6) is -1.81. The molecular formula is C20H20ClNO4. The summed E-state index contributed by atoms with van der Waals surface area (Å²) in [5.41, 5.74) is 1.74. The Morgan fingerprint density at radius 2 is 1.50 bits per heavy atom. The summed E-state index contributed by atoms with van der Waals surface area (Å²) in [7, 11) is 2.70. The minimum absolute atomic E-state index is 0.367. The Kier molecular flexibility index (Phi) is 5.59. The fraction of sp³-hybridized carbons (Fsp3) is 0.300. The molecule has 0 aromatic heterocycles. The van der Waals surface area contributed by atoms with Crippen LogP contribution in [0.4, 0.5) is 0 Å². The van der Waals surface area contributed by atoms with Crippen molar-refractivity contribution in [1.82, 2.24) is 5.32 Å². The van der Waals surface area contributed by atoms with Crippen LogP contribution in [0.2, 0.25) is 5.02 Å². The molecule has 0 aliphatic carbocycles. The molecule has 1 heterocycles. The van der Waals surface area contributed by atoms with E-state index in [1.807, 2.05) is 42.5 Å². The van der Waals surface area contributed by atoms with Crippen LogP contribution < -0.4 is 5.32 Å². The molecule has 0 spiro atoms. The van der Waals surface area contributed by atoms with E-state index in [1.54, 1.807) is 12.1 Å². The van der Waals surface area contributed by atoms with E-state index >= 15 is 0 Å². The number of ether oxygens (including phenoxy) is 2. The zero-order valence-electron chi connectivity index (χ0n) is 14.5. The predicted molar refractivity (Wildman–Crippen MR) is 97.8 cm³/mol. The monoisotopic (exact) mass is 373 g/mol. The molecule has 6 heteroatoms. The number of rotatable bonds is 4. The van der Waals surface area contributed by atoms with Crippen molar-refractivity contribution in [1.29, 1.82) is 0 Å². The molecule has 0 saturated carbocycles. The number of methoxy groups -OCH3 is 2. The van der Waals surface area contributed by atoms with Gasteiger partial charge < -0.3 is 9.47 Å². The third kappa shape index (κ3) is 3.45. The molecule has 4 atom stereocenters. The molecule has 0 bridgehead atoms. The van der Waals surface area contributed by atoms with Crippen LogP contribution in [0.3, 0.4) is 0 Å². The number of benzene rings is 2. The van der Waals surface area contributed by atoms with Crippen LogP contribution in [0.15, 0.2) is 54.6 Å². The maximum Gasteiger partial charge on any atom is 0.323 e. The minimum Gasteiger partial charge on any atom is -0.469 e. The number of carbonyl (C=O) groups excluding carboxylic acids is 2. The van der Waals surface area contributed by atoms with Crippen LogP contribution in [0.25, 0.3) is 0 Å². The maximum absolute atomic E-state index is 12.7. The van der Waals surface area contributed by atoms with Crippen molar-refractivity contribution in [3.63, 3.8) is 0 Å². The van der Waals surface area contributed by atoms with Gasteiger partial charge in [0.05, 0.1) is 20.1 Å². The van der Waals surface area contributed by atoms with Crippen LogP contribution >= 0.6 is 11.6 Å². The van der Waals surface area contributed by atoms with E-state index < -0.39 is 23.8 Å². The number of hydrogen-bond acceptors (Lipinski definition) is 5. The predicted octanol–water partition coefficient (Wildman–Crippen LogP) is 3.10. The van der Waals surface area contributed by atoms with Crippen molar-refractivity contribution in [2.75, 3.05) is 14.2 Å². The molecule has 136 valence electrons. The number of esters is 2. The molecule has 0 radical (unpaired) electrons. The quantitative estimate of drug-likeness (QED) is 0.834. The Labute approximate surface area is 157 Å². The molecule has 0 unspecified atom stereocenters. The zero-order chi connectivity index (χ0) is 18.7. The maximum atomic E-state index is 12.7. The molecule has 1 saturated heterocycles. The van der Waals surface area contributed by atoms with Crippen LogP contribution in [0, 0.1) is 5.92 Å². The van der Waals surface area contributed by atoms with Gasteiger partial charge in [0.2, 0.25) is 0 Å². The zero-order valence-corrected chi connectivity index (χ0v) is 15.3. The first kappa shape index (κ1) is 18.4. The highest BCUT2D eigenvalue weighted by Gasteiger charge is 2.51. The van der Waals surface area contributed by atoms with Crippen molar-refractivity contribution in [3.8, 4) is 0 Å². The molecule has 1 fully saturated rings. The molecule has 1 aliphatic heterocycles. The second kappa shape index (κ2) is 7.89. The van der Waals surface area contributed by atoms with Gasteiger partial charge in [-0.05, 0) is 23.3 Å². The highest BCUT2D eigenvalue weighted by atomic mass is 35.5. The van der Waals surface area contributed by atoms with Gasteiger partial charge in [-0.3, -0.25) is 14.9 Å². The standard InChI is InChI=1S/C20H20ClNO4/c1-25-19(23)16-15(12-8-10-14(21)11-9-12)18(20(24)26-2)22-17(16)13-6-4-3-5-7-13/h3-11,15-18,22H,1-2H3/t15-,16-,17+,18+/m0/s1. The third-order valence-corrected chi connectivity index (χ3v) is 5.06. The van der Waals surface area contributed by atoms with E-state index in [4.69, 9.17) is 21.1 Å². The van der Waals surface area contributed by atoms with Gasteiger partial charge in [0, 0.05) is 17.0 Å². The first-order chi connectivity index (χ1) is 12.6. The second-order valence-electron chi connectivity index (χ2n) is 6.18. The number of hydrogen-bond donors (Lipinski definition) is 1. The minimum atomic E-state index is -0.671. The van der Waals surface area contributed by atoms with Crippen molar-refractivity contribution in [2.24, 2.45) is 5.92 Å². The topological polar surface area (TPSA) is 64.6 Å². The van der Waals surface area contributed by atoms with Crippen LogP contribution in [-0.2, 0) is 19.1 Å². The fourth-order valence-electron chi connectivity index (χ4n) is 3.62. The molecule has 2 aromatic rings. The SMILES string of the molecule is COC(=O)[C@H]1[C@H](c2ccc(Cl)cc2)[C@H](C(=O)OC)N[C@@H]1c1ccccc1. The summed E-state index contributed by atoms with van der Waals surface area (Å²) in [6.07, 6.45) is 0. The molecular weight excluding hydrogens is 354 g/mol. The number of nitrogens with one attached hydrogen (secondary N) is 1. The van der Waals surface area contributed by atoms with Gasteiger partial charge in [-0.25, -0.2) is 0 Å². The molecule has 0 amide bonds. The summed E-state index contributed by atoms with van der Waals surface area (Å²) < 4.78 is 10.0. The van der Waals surface area contributed by atoms with E-state index in [1.165, 1.54) is 14.2 Å². The van der Waals surface area contributed by atoms with E-state index in [0.29, 0.717) is 5.02 Å². The molecule has 1 N–H and O–H groups in total. The lowest BCUT2D eigenvalue weighted by molar-refractivity contribution is -0.146. The highest BCUT2D eigenvalue weighted by Crippen LogP contribution is 2.44. The van der Waals surface area contributed by atoms with Gasteiger partial charge in [0.15, 0.2) is 0 Å². The van der Waals surface area contributed by atoms with Crippen LogP contribution in [0.5, 0.6) is 0 Å². The van der Waals surface area contributed by atoms with Gasteiger partial charge in [0.1, 0.15) is 6.04 Å². The lowest BCUT2D eigenvalue weighted by atomic mass is 9.80. The summed E-state index contributed by atoms with van der Waals surface area (Å²) in [4.78, 5) is 25.1. The lowest BCUT2D eigenvalue weighted by Gasteiger charge is -2.23. The largest absolute Gasteiger partial charge is 0.469 e. The van der Waals surface area contributed by atoms with Gasteiger partial charge in [-0.1, -0.05) is 54.1 Å². The van der Waals surface area contributed by atoms with Crippen molar-refractivity contribution in [3.05, 3.63) is 70.7 Å². The van der Waals surface area contributed by atoms with Crippen molar-refractivity contribution < 1.29 is 19.1 Å². The fourth-order valence-corrected chi connectivity index (χ4v) is 3.75. The second-order valence-corrected chi connectivity index (χ2v) is 6.62. The Hall–Kier alpha value is -2.37. The average molecular weight is 374 g/mol. The van der Waals surface area contributed by atoms with Crippen LogP contribution in [-0.4, -0.2) is 32.2 Å². The first-order valence-electron chi connectivity index (χ1n) is 8.29. The van der Waals surface area contributed by atoms with Crippen LogP contribution in [0.1, 0.15) is 23.1 Å². The molecule has 26 heavy (non-hydrogen) atoms. The molecule has 1 aliphatic rings. The van der Waals surface area contributed by atoms with Crippen molar-refractivity contribution >= 4 is 23.5 Å². The summed E-state index contributed by atoms with van der Waals surface area (Å²) >= 11 is 6.00. The molecule has 3 rings (SSSR count). The Balaban J connectivity index is 2.09. The first-order valence-corrected chi connectivity index (χ1v) is 8.66. The highest BCUT2D eigenvalue weighted by molar-refractivity contribution is 6.30. The van der Waals surface area contributed by atoms with Gasteiger partial charge >= 0.3 is 11.9 Å². The van der Waals surface area contributed by atoms with E-state index in [-0.39, 0.29) is 12.0 Å². The van der Waals surface area contributed by atoms with E-state index in [9.17, 15) is 9.59 Å². The average Bonchev–Trinajstić information content (AvgIpc) is 3.08.